The lowest BCUT2D eigenvalue weighted by molar-refractivity contribution is 0.0526. The third kappa shape index (κ3) is 4.76. The van der Waals surface area contributed by atoms with Crippen molar-refractivity contribution in [3.05, 3.63) is 69.7 Å². The van der Waals surface area contributed by atoms with Gasteiger partial charge in [-0.25, -0.2) is 13.2 Å². The minimum Gasteiger partial charge on any atom is -0.462 e. The molecule has 0 aliphatic rings. The zero-order valence-electron chi connectivity index (χ0n) is 14.3. The van der Waals surface area contributed by atoms with Crippen molar-refractivity contribution >= 4 is 56.5 Å². The van der Waals surface area contributed by atoms with E-state index in [1.54, 1.807) is 6.92 Å². The van der Waals surface area contributed by atoms with Gasteiger partial charge in [-0.1, -0.05) is 40.9 Å². The van der Waals surface area contributed by atoms with E-state index in [-0.39, 0.29) is 44.4 Å². The summed E-state index contributed by atoms with van der Waals surface area (Å²) in [7, 11) is -4.09. The van der Waals surface area contributed by atoms with Crippen molar-refractivity contribution in [1.82, 2.24) is 0 Å². The highest BCUT2D eigenvalue weighted by molar-refractivity contribution is 7.93. The largest absolute Gasteiger partial charge is 0.462 e. The van der Waals surface area contributed by atoms with Gasteiger partial charge in [-0.3, -0.25) is 4.31 Å². The molecule has 2 rings (SSSR count). The van der Waals surface area contributed by atoms with E-state index >= 15 is 0 Å². The Labute approximate surface area is 173 Å². The predicted molar refractivity (Wildman–Crippen MR) is 109 cm³/mol. The molecule has 0 atom stereocenters. The molecule has 27 heavy (non-hydrogen) atoms. The second kappa shape index (κ2) is 8.97. The maximum atomic E-state index is 13.2. The standard InChI is InChI=1S/C18H16Cl3NO4S/c1-3-9-22(27(24,25)17-10-12(19)5-7-16(17)21)13-6-8-15(20)14(11-13)18(23)26-4-2/h3,5-8,10-11H,1,4,9H2,2H3. The molecule has 0 saturated heterocycles. The lowest BCUT2D eigenvalue weighted by Crippen LogP contribution is -2.31. The third-order valence-corrected chi connectivity index (χ3v) is 6.33. The number of halogens is 3. The van der Waals surface area contributed by atoms with Gasteiger partial charge in [-0.05, 0) is 43.3 Å². The van der Waals surface area contributed by atoms with E-state index in [0.717, 1.165) is 4.31 Å². The van der Waals surface area contributed by atoms with E-state index in [1.807, 2.05) is 0 Å². The van der Waals surface area contributed by atoms with Crippen molar-refractivity contribution in [3.63, 3.8) is 0 Å². The molecule has 0 heterocycles. The second-order valence-electron chi connectivity index (χ2n) is 5.28. The first-order valence-corrected chi connectivity index (χ1v) is 10.3. The Morgan fingerprint density at radius 2 is 1.81 bits per heavy atom. The maximum Gasteiger partial charge on any atom is 0.339 e. The van der Waals surface area contributed by atoms with Crippen LogP contribution in [-0.2, 0) is 14.8 Å². The Kier molecular flexibility index (Phi) is 7.17. The van der Waals surface area contributed by atoms with Gasteiger partial charge in [0, 0.05) is 5.02 Å². The molecular formula is C18H16Cl3NO4S. The van der Waals surface area contributed by atoms with E-state index in [9.17, 15) is 13.2 Å². The Morgan fingerprint density at radius 1 is 1.15 bits per heavy atom. The number of hydrogen-bond acceptors (Lipinski definition) is 4. The van der Waals surface area contributed by atoms with E-state index in [0.29, 0.717) is 0 Å². The molecule has 0 fully saturated rings. The molecule has 2 aromatic carbocycles. The highest BCUT2D eigenvalue weighted by atomic mass is 35.5. The molecule has 0 saturated carbocycles. The zero-order valence-corrected chi connectivity index (χ0v) is 17.4. The summed E-state index contributed by atoms with van der Waals surface area (Å²) in [5.41, 5.74) is 0.260. The fourth-order valence-electron chi connectivity index (χ4n) is 2.29. The summed E-state index contributed by atoms with van der Waals surface area (Å²) in [4.78, 5) is 11.9. The minimum atomic E-state index is -4.09. The highest BCUT2D eigenvalue weighted by Crippen LogP contribution is 2.32. The number of ether oxygens (including phenoxy) is 1. The first kappa shape index (κ1) is 21.6. The highest BCUT2D eigenvalue weighted by Gasteiger charge is 2.28. The van der Waals surface area contributed by atoms with Crippen molar-refractivity contribution in [2.24, 2.45) is 0 Å². The Morgan fingerprint density at radius 3 is 2.44 bits per heavy atom. The quantitative estimate of drug-likeness (QED) is 0.431. The van der Waals surface area contributed by atoms with Crippen LogP contribution < -0.4 is 4.31 Å². The minimum absolute atomic E-state index is 0.0213. The summed E-state index contributed by atoms with van der Waals surface area (Å²) in [6.07, 6.45) is 1.41. The Hall–Kier alpha value is -1.73. The van der Waals surface area contributed by atoms with Crippen molar-refractivity contribution < 1.29 is 17.9 Å². The number of anilines is 1. The average molecular weight is 449 g/mol. The summed E-state index contributed by atoms with van der Waals surface area (Å²) in [6.45, 7) is 5.35. The number of sulfonamides is 1. The fraction of sp³-hybridized carbons (Fsp3) is 0.167. The van der Waals surface area contributed by atoms with Crippen LogP contribution in [0.1, 0.15) is 17.3 Å². The number of hydrogen-bond donors (Lipinski definition) is 0. The van der Waals surface area contributed by atoms with Gasteiger partial charge in [0.2, 0.25) is 0 Å². The maximum absolute atomic E-state index is 13.2. The van der Waals surface area contributed by atoms with E-state index in [1.165, 1.54) is 42.5 Å². The van der Waals surface area contributed by atoms with Crippen molar-refractivity contribution in [2.45, 2.75) is 11.8 Å². The van der Waals surface area contributed by atoms with Crippen LogP contribution in [0.25, 0.3) is 0 Å². The third-order valence-electron chi connectivity index (χ3n) is 3.49. The number of carbonyl (C=O) groups is 1. The molecule has 0 bridgehead atoms. The van der Waals surface area contributed by atoms with Crippen LogP contribution in [0.15, 0.2) is 53.9 Å². The van der Waals surface area contributed by atoms with Crippen LogP contribution in [0.3, 0.4) is 0 Å². The van der Waals surface area contributed by atoms with E-state index in [4.69, 9.17) is 39.5 Å². The normalized spacial score (nSPS) is 11.1. The molecule has 0 aliphatic carbocycles. The molecule has 0 N–H and O–H groups in total. The van der Waals surface area contributed by atoms with Crippen LogP contribution in [-0.4, -0.2) is 27.5 Å². The van der Waals surface area contributed by atoms with Crippen molar-refractivity contribution in [1.29, 1.82) is 0 Å². The van der Waals surface area contributed by atoms with Crippen LogP contribution in [0.2, 0.25) is 15.1 Å². The lowest BCUT2D eigenvalue weighted by atomic mass is 10.2. The summed E-state index contributed by atoms with van der Waals surface area (Å²) < 4.78 is 32.4. The number of rotatable bonds is 7. The van der Waals surface area contributed by atoms with E-state index < -0.39 is 16.0 Å². The molecule has 0 unspecified atom stereocenters. The topological polar surface area (TPSA) is 63.7 Å². The molecule has 5 nitrogen and oxygen atoms in total. The van der Waals surface area contributed by atoms with Crippen LogP contribution in [0.5, 0.6) is 0 Å². The van der Waals surface area contributed by atoms with Gasteiger partial charge in [0.1, 0.15) is 4.90 Å². The summed E-state index contributed by atoms with van der Waals surface area (Å²) in [5, 5.41) is 0.391. The fourth-order valence-corrected chi connectivity index (χ4v) is 4.65. The lowest BCUT2D eigenvalue weighted by Gasteiger charge is -2.24. The number of benzene rings is 2. The number of nitrogens with zero attached hydrogens (tertiary/aromatic N) is 1. The molecule has 2 aromatic rings. The van der Waals surface area contributed by atoms with Crippen molar-refractivity contribution in [2.75, 3.05) is 17.5 Å². The van der Waals surface area contributed by atoms with Crippen LogP contribution >= 0.6 is 34.8 Å². The van der Waals surface area contributed by atoms with Crippen LogP contribution in [0, 0.1) is 0 Å². The van der Waals surface area contributed by atoms with Gasteiger partial charge >= 0.3 is 5.97 Å². The summed E-state index contributed by atoms with van der Waals surface area (Å²) in [6, 6.07) is 8.40. The summed E-state index contributed by atoms with van der Waals surface area (Å²) in [5.74, 6) is -0.652. The summed E-state index contributed by atoms with van der Waals surface area (Å²) >= 11 is 18.1. The molecular weight excluding hydrogens is 433 g/mol. The molecule has 9 heteroatoms. The first-order valence-electron chi connectivity index (χ1n) is 7.77. The second-order valence-corrected chi connectivity index (χ2v) is 8.37. The zero-order chi connectivity index (χ0) is 20.2. The van der Waals surface area contributed by atoms with Gasteiger partial charge < -0.3 is 4.74 Å². The molecule has 0 amide bonds. The van der Waals surface area contributed by atoms with Crippen LogP contribution in [0.4, 0.5) is 5.69 Å². The molecule has 0 aliphatic heterocycles. The molecule has 144 valence electrons. The van der Waals surface area contributed by atoms with E-state index in [2.05, 4.69) is 6.58 Å². The SMILES string of the molecule is C=CCN(c1ccc(Cl)c(C(=O)OCC)c1)S(=O)(=O)c1cc(Cl)ccc1Cl. The van der Waals surface area contributed by atoms with Gasteiger partial charge in [-0.15, -0.1) is 6.58 Å². The molecule has 0 radical (unpaired) electrons. The Bertz CT molecular complexity index is 977. The van der Waals surface area contributed by atoms with Gasteiger partial charge in [0.15, 0.2) is 0 Å². The predicted octanol–water partition coefficient (Wildman–Crippen LogP) is 5.20. The number of esters is 1. The van der Waals surface area contributed by atoms with Gasteiger partial charge in [0.25, 0.3) is 10.0 Å². The van der Waals surface area contributed by atoms with Gasteiger partial charge in [-0.2, -0.15) is 0 Å². The molecule has 0 aromatic heterocycles. The monoisotopic (exact) mass is 447 g/mol. The van der Waals surface area contributed by atoms with Crippen molar-refractivity contribution in [3.8, 4) is 0 Å². The first-order chi connectivity index (χ1) is 12.7. The molecule has 0 spiro atoms. The smallest absolute Gasteiger partial charge is 0.339 e. The Balaban J connectivity index is 2.61. The average Bonchev–Trinajstić information content (AvgIpc) is 2.62. The number of carbonyl (C=O) groups excluding carboxylic acids is 1. The van der Waals surface area contributed by atoms with Gasteiger partial charge in [0.05, 0.1) is 34.4 Å².